The minimum atomic E-state index is -4.34. The third kappa shape index (κ3) is 3.49. The summed E-state index contributed by atoms with van der Waals surface area (Å²) in [5.74, 6) is 0.276. The van der Waals surface area contributed by atoms with Crippen molar-refractivity contribution < 1.29 is 21.6 Å². The minimum absolute atomic E-state index is 0.116. The van der Waals surface area contributed by atoms with Gasteiger partial charge in [0.2, 0.25) is 10.0 Å². The molecule has 0 saturated carbocycles. The maximum Gasteiger partial charge on any atom is 0.416 e. The molecule has 0 radical (unpaired) electrons. The summed E-state index contributed by atoms with van der Waals surface area (Å²) in [6, 6.07) is 13.6. The van der Waals surface area contributed by atoms with Crippen LogP contribution in [-0.2, 0) is 22.7 Å². The van der Waals surface area contributed by atoms with E-state index in [0.29, 0.717) is 24.5 Å². The van der Waals surface area contributed by atoms with Crippen molar-refractivity contribution in [2.45, 2.75) is 23.7 Å². The highest BCUT2D eigenvalue weighted by atomic mass is 32.2. The zero-order valence-electron chi connectivity index (χ0n) is 14.4. The van der Waals surface area contributed by atoms with Crippen LogP contribution in [0.3, 0.4) is 0 Å². The fourth-order valence-corrected chi connectivity index (χ4v) is 5.40. The van der Waals surface area contributed by atoms with Crippen molar-refractivity contribution in [3.63, 3.8) is 0 Å². The van der Waals surface area contributed by atoms with E-state index in [1.165, 1.54) is 16.4 Å². The van der Waals surface area contributed by atoms with Crippen LogP contribution in [0.5, 0.6) is 0 Å². The standard InChI is InChI=1S/C19H19F3N2O2S/c20-19(21,22)16-8-6-14(7-9-16)10-23-11-15-12-24(13-18(15)23)27(25,26)17-4-2-1-3-5-17/h1-9,15,18H,10-13H2/t15-,18-/m1/s1. The summed E-state index contributed by atoms with van der Waals surface area (Å²) < 4.78 is 65.0. The lowest BCUT2D eigenvalue weighted by molar-refractivity contribution is -0.137. The number of benzene rings is 2. The monoisotopic (exact) mass is 396 g/mol. The fourth-order valence-electron chi connectivity index (χ4n) is 3.86. The van der Waals surface area contributed by atoms with Gasteiger partial charge in [-0.2, -0.15) is 17.5 Å². The maximum atomic E-state index is 12.8. The van der Waals surface area contributed by atoms with Gasteiger partial charge in [0, 0.05) is 38.1 Å². The van der Waals surface area contributed by atoms with Gasteiger partial charge in [-0.15, -0.1) is 0 Å². The Morgan fingerprint density at radius 2 is 1.59 bits per heavy atom. The van der Waals surface area contributed by atoms with Crippen molar-refractivity contribution in [3.05, 3.63) is 65.7 Å². The molecule has 2 aliphatic heterocycles. The first-order valence-electron chi connectivity index (χ1n) is 8.70. The van der Waals surface area contributed by atoms with E-state index in [1.54, 1.807) is 30.3 Å². The van der Waals surface area contributed by atoms with E-state index < -0.39 is 21.8 Å². The zero-order chi connectivity index (χ0) is 19.2. The molecule has 2 aromatic rings. The van der Waals surface area contributed by atoms with E-state index >= 15 is 0 Å². The first-order chi connectivity index (χ1) is 12.7. The highest BCUT2D eigenvalue weighted by Crippen LogP contribution is 2.36. The van der Waals surface area contributed by atoms with Crippen molar-refractivity contribution in [2.75, 3.05) is 19.6 Å². The molecule has 0 amide bonds. The molecule has 0 aromatic heterocycles. The molecule has 0 spiro atoms. The lowest BCUT2D eigenvalue weighted by atomic mass is 9.91. The third-order valence-electron chi connectivity index (χ3n) is 5.36. The van der Waals surface area contributed by atoms with Gasteiger partial charge in [-0.25, -0.2) is 8.42 Å². The minimum Gasteiger partial charge on any atom is -0.294 e. The quantitative estimate of drug-likeness (QED) is 0.797. The molecule has 0 unspecified atom stereocenters. The predicted molar refractivity (Wildman–Crippen MR) is 94.3 cm³/mol. The smallest absolute Gasteiger partial charge is 0.294 e. The molecule has 2 aliphatic rings. The molecule has 4 nitrogen and oxygen atoms in total. The molecule has 2 aromatic carbocycles. The number of nitrogens with zero attached hydrogens (tertiary/aromatic N) is 2. The Bertz CT molecular complexity index is 914. The fraction of sp³-hybridized carbons (Fsp3) is 0.368. The summed E-state index contributed by atoms with van der Waals surface area (Å²) in [4.78, 5) is 2.42. The molecule has 2 atom stereocenters. The van der Waals surface area contributed by atoms with E-state index in [4.69, 9.17) is 0 Å². The van der Waals surface area contributed by atoms with Gasteiger partial charge in [-0.3, -0.25) is 4.90 Å². The van der Waals surface area contributed by atoms with Crippen molar-refractivity contribution in [2.24, 2.45) is 5.92 Å². The molecule has 2 heterocycles. The number of sulfonamides is 1. The van der Waals surface area contributed by atoms with Gasteiger partial charge in [0.1, 0.15) is 0 Å². The number of halogens is 3. The van der Waals surface area contributed by atoms with Crippen molar-refractivity contribution in [1.29, 1.82) is 0 Å². The summed E-state index contributed by atoms with van der Waals surface area (Å²) in [7, 11) is -3.50. The van der Waals surface area contributed by atoms with Crippen LogP contribution in [-0.4, -0.2) is 43.3 Å². The van der Waals surface area contributed by atoms with E-state index in [-0.39, 0.29) is 12.0 Å². The summed E-state index contributed by atoms with van der Waals surface area (Å²) >= 11 is 0. The highest BCUT2D eigenvalue weighted by molar-refractivity contribution is 7.89. The topological polar surface area (TPSA) is 40.6 Å². The number of fused-ring (bicyclic) bond motifs is 1. The number of hydrogen-bond acceptors (Lipinski definition) is 3. The number of hydrogen-bond donors (Lipinski definition) is 0. The summed E-state index contributed by atoms with van der Waals surface area (Å²) in [6.45, 7) is 2.19. The molecule has 2 fully saturated rings. The molecule has 0 aliphatic carbocycles. The summed E-state index contributed by atoms with van der Waals surface area (Å²) in [5.41, 5.74) is 0.138. The first kappa shape index (κ1) is 18.5. The average molecular weight is 396 g/mol. The second-order valence-electron chi connectivity index (χ2n) is 7.09. The molecule has 0 bridgehead atoms. The summed E-state index contributed by atoms with van der Waals surface area (Å²) in [6.07, 6.45) is -4.34. The van der Waals surface area contributed by atoms with E-state index in [0.717, 1.165) is 24.2 Å². The predicted octanol–water partition coefficient (Wildman–Crippen LogP) is 3.21. The van der Waals surface area contributed by atoms with Gasteiger partial charge in [-0.05, 0) is 29.8 Å². The Morgan fingerprint density at radius 3 is 2.22 bits per heavy atom. The zero-order valence-corrected chi connectivity index (χ0v) is 15.2. The molecular weight excluding hydrogens is 377 g/mol. The number of likely N-dealkylation sites (tertiary alicyclic amines) is 1. The summed E-state index contributed by atoms with van der Waals surface area (Å²) in [5, 5.41) is 0. The van der Waals surface area contributed by atoms with Crippen molar-refractivity contribution >= 4 is 10.0 Å². The van der Waals surface area contributed by atoms with Crippen LogP contribution in [0.2, 0.25) is 0 Å². The first-order valence-corrected chi connectivity index (χ1v) is 10.1. The number of rotatable bonds is 4. The molecule has 8 heteroatoms. The second kappa shape index (κ2) is 6.61. The Kier molecular flexibility index (Phi) is 4.52. The Morgan fingerprint density at radius 1 is 0.926 bits per heavy atom. The van der Waals surface area contributed by atoms with Crippen LogP contribution in [0.15, 0.2) is 59.5 Å². The van der Waals surface area contributed by atoms with E-state index in [1.807, 2.05) is 0 Å². The molecule has 144 valence electrons. The maximum absolute atomic E-state index is 12.8. The SMILES string of the molecule is O=S(=O)(c1ccccc1)N1C[C@H]2CN(Cc3ccc(C(F)(F)F)cc3)[C@@H]2C1. The molecule has 27 heavy (non-hydrogen) atoms. The molecule has 0 N–H and O–H groups in total. The van der Waals surface area contributed by atoms with Gasteiger partial charge < -0.3 is 0 Å². The van der Waals surface area contributed by atoms with Crippen LogP contribution < -0.4 is 0 Å². The van der Waals surface area contributed by atoms with Gasteiger partial charge in [0.15, 0.2) is 0 Å². The molecule has 4 rings (SSSR count). The van der Waals surface area contributed by atoms with Crippen LogP contribution in [0.25, 0.3) is 0 Å². The van der Waals surface area contributed by atoms with E-state index in [2.05, 4.69) is 4.90 Å². The van der Waals surface area contributed by atoms with Gasteiger partial charge in [0.05, 0.1) is 10.5 Å². The Hall–Kier alpha value is -1.90. The lowest BCUT2D eigenvalue weighted by Gasteiger charge is -2.43. The van der Waals surface area contributed by atoms with Crippen molar-refractivity contribution in [3.8, 4) is 0 Å². The normalized spacial score (nSPS) is 23.8. The van der Waals surface area contributed by atoms with Crippen LogP contribution in [0, 0.1) is 5.92 Å². The van der Waals surface area contributed by atoms with E-state index in [9.17, 15) is 21.6 Å². The Balaban J connectivity index is 1.41. The Labute approximate surface area is 156 Å². The second-order valence-corrected chi connectivity index (χ2v) is 9.02. The van der Waals surface area contributed by atoms with Crippen LogP contribution in [0.4, 0.5) is 13.2 Å². The van der Waals surface area contributed by atoms with Crippen molar-refractivity contribution in [1.82, 2.24) is 9.21 Å². The van der Waals surface area contributed by atoms with Crippen LogP contribution >= 0.6 is 0 Å². The number of alkyl halides is 3. The van der Waals surface area contributed by atoms with Gasteiger partial charge in [0.25, 0.3) is 0 Å². The average Bonchev–Trinajstić information content (AvgIpc) is 2.98. The molecule has 2 saturated heterocycles. The van der Waals surface area contributed by atoms with Gasteiger partial charge in [-0.1, -0.05) is 30.3 Å². The van der Waals surface area contributed by atoms with Gasteiger partial charge >= 0.3 is 6.18 Å². The largest absolute Gasteiger partial charge is 0.416 e. The lowest BCUT2D eigenvalue weighted by Crippen LogP contribution is -2.54. The highest BCUT2D eigenvalue weighted by Gasteiger charge is 2.48. The molecular formula is C19H19F3N2O2S. The third-order valence-corrected chi connectivity index (χ3v) is 7.20. The van der Waals surface area contributed by atoms with Crippen LogP contribution in [0.1, 0.15) is 11.1 Å².